The molecule has 0 saturated carbocycles. The lowest BCUT2D eigenvalue weighted by Gasteiger charge is -2.37. The average Bonchev–Trinajstić information content (AvgIpc) is 3.80. The number of hydrogen-bond acceptors (Lipinski definition) is 7. The fourth-order valence-corrected chi connectivity index (χ4v) is 12.9. The average molecular weight is 768 g/mol. The van der Waals surface area contributed by atoms with Crippen LogP contribution in [-0.2, 0) is 37.8 Å². The van der Waals surface area contributed by atoms with E-state index in [1.54, 1.807) is 27.9 Å². The molecule has 3 heterocycles. The maximum atomic E-state index is 15.2. The van der Waals surface area contributed by atoms with E-state index < -0.39 is 19.8 Å². The molecule has 4 atom stereocenters. The highest BCUT2D eigenvalue weighted by molar-refractivity contribution is 6.91. The largest absolute Gasteiger partial charge is 0.497 e. The Balaban J connectivity index is 1.26. The van der Waals surface area contributed by atoms with Crippen molar-refractivity contribution in [1.82, 2.24) is 4.90 Å². The predicted molar refractivity (Wildman–Crippen MR) is 211 cm³/mol. The van der Waals surface area contributed by atoms with Gasteiger partial charge in [0, 0.05) is 35.3 Å². The summed E-state index contributed by atoms with van der Waals surface area (Å²) < 4.78 is 17.8. The number of nitrogens with zero attached hydrogens (tertiary/aromatic N) is 3. The van der Waals surface area contributed by atoms with Gasteiger partial charge in [0.05, 0.1) is 53.1 Å². The quantitative estimate of drug-likeness (QED) is 0.165. The molecule has 4 aromatic rings. The summed E-state index contributed by atoms with van der Waals surface area (Å²) in [5.41, 5.74) is 2.41. The Morgan fingerprint density at radius 2 is 1.72 bits per heavy atom. The van der Waals surface area contributed by atoms with Crippen molar-refractivity contribution in [1.29, 1.82) is 0 Å². The topological polar surface area (TPSA) is 109 Å². The molecule has 0 aliphatic carbocycles. The monoisotopic (exact) mass is 767 g/mol. The Labute approximate surface area is 322 Å². The third-order valence-electron chi connectivity index (χ3n) is 11.5. The number of aliphatic hydroxyl groups is 1. The fourth-order valence-electron chi connectivity index (χ4n) is 8.75. The van der Waals surface area contributed by atoms with Crippen LogP contribution in [0.4, 0.5) is 16.2 Å². The Morgan fingerprint density at radius 3 is 2.37 bits per heavy atom. The number of anilines is 2. The van der Waals surface area contributed by atoms with E-state index in [-0.39, 0.29) is 55.5 Å². The molecule has 1 spiro atoms. The van der Waals surface area contributed by atoms with Crippen LogP contribution in [0.3, 0.4) is 0 Å². The third kappa shape index (κ3) is 6.78. The van der Waals surface area contributed by atoms with Gasteiger partial charge >= 0.3 is 6.09 Å². The van der Waals surface area contributed by atoms with Gasteiger partial charge in [-0.15, -0.1) is 0 Å². The minimum absolute atomic E-state index is 0.0414. The molecule has 4 aromatic carbocycles. The molecular formula is C42H46ClN3O7Si. The smallest absolute Gasteiger partial charge is 0.414 e. The summed E-state index contributed by atoms with van der Waals surface area (Å²) in [6.07, 6.45) is -0.941. The first kappa shape index (κ1) is 37.6. The van der Waals surface area contributed by atoms with Crippen LogP contribution in [0.1, 0.15) is 30.0 Å². The molecule has 0 unspecified atom stereocenters. The Hall–Kier alpha value is -4.68. The van der Waals surface area contributed by atoms with Gasteiger partial charge in [0.25, 0.3) is 5.91 Å². The fraction of sp³-hybridized carbons (Fsp3) is 0.357. The van der Waals surface area contributed by atoms with Crippen molar-refractivity contribution in [3.63, 3.8) is 0 Å². The van der Waals surface area contributed by atoms with Crippen LogP contribution in [0.2, 0.25) is 23.7 Å². The Bertz CT molecular complexity index is 2010. The molecule has 0 bridgehead atoms. The molecule has 282 valence electrons. The molecule has 0 aromatic heterocycles. The molecule has 10 nitrogen and oxygen atoms in total. The number of carbonyl (C=O) groups is 3. The van der Waals surface area contributed by atoms with E-state index in [4.69, 9.17) is 25.8 Å². The molecule has 3 amide bonds. The maximum absolute atomic E-state index is 15.2. The van der Waals surface area contributed by atoms with Crippen LogP contribution in [0.5, 0.6) is 5.75 Å². The van der Waals surface area contributed by atoms with Crippen LogP contribution in [-0.4, -0.2) is 75.5 Å². The van der Waals surface area contributed by atoms with E-state index in [0.29, 0.717) is 36.0 Å². The first-order chi connectivity index (χ1) is 26.0. The van der Waals surface area contributed by atoms with Crippen molar-refractivity contribution < 1.29 is 33.7 Å². The molecule has 2 saturated heterocycles. The van der Waals surface area contributed by atoms with E-state index >= 15 is 4.79 Å². The number of fused-ring (bicyclic) bond motifs is 2. The van der Waals surface area contributed by atoms with Crippen LogP contribution >= 0.6 is 11.6 Å². The number of ether oxygens (including phenoxy) is 3. The molecule has 3 aliphatic rings. The van der Waals surface area contributed by atoms with Crippen LogP contribution < -0.4 is 19.7 Å². The number of methoxy groups -OCH3 is 1. The number of benzene rings is 4. The van der Waals surface area contributed by atoms with Crippen LogP contribution in [0.15, 0.2) is 97.1 Å². The number of rotatable bonds is 12. The van der Waals surface area contributed by atoms with Gasteiger partial charge in [0.1, 0.15) is 12.4 Å². The molecular weight excluding hydrogens is 722 g/mol. The van der Waals surface area contributed by atoms with Crippen molar-refractivity contribution in [2.75, 3.05) is 43.2 Å². The highest BCUT2D eigenvalue weighted by Gasteiger charge is 2.66. The number of carbonyl (C=O) groups excluding carboxylic acids is 3. The number of amides is 3. The van der Waals surface area contributed by atoms with Crippen molar-refractivity contribution in [3.8, 4) is 5.75 Å². The lowest BCUT2D eigenvalue weighted by Crippen LogP contribution is -2.52. The van der Waals surface area contributed by atoms with Gasteiger partial charge in [-0.3, -0.25) is 14.5 Å². The molecule has 54 heavy (non-hydrogen) atoms. The zero-order valence-corrected chi connectivity index (χ0v) is 32.8. The van der Waals surface area contributed by atoms with Gasteiger partial charge in [-0.05, 0) is 59.1 Å². The zero-order chi connectivity index (χ0) is 38.2. The Morgan fingerprint density at radius 1 is 1.00 bits per heavy atom. The maximum Gasteiger partial charge on any atom is 0.414 e. The molecule has 2 fully saturated rings. The van der Waals surface area contributed by atoms with E-state index in [9.17, 15) is 14.7 Å². The standard InChI is InChI=1S/C42H46ClN3O7Si/c1-28-39(54(3,4)34-17-15-33(51-2)16-18-34)37(25-38(48)44(20-22-47)26-29-8-6-5-7-9-29)53-42(28)35-24-31(43)12-19-36(35)46(40(42)49)27-30-10-13-32(14-11-30)45-21-23-52-41(45)50/h5-19,24,28,37,39,47H,20-23,25-27H2,1-4H3/t28-,37+,39-,42+/m1/s1. The minimum Gasteiger partial charge on any atom is -0.497 e. The van der Waals surface area contributed by atoms with Gasteiger partial charge in [-0.1, -0.05) is 91.4 Å². The summed E-state index contributed by atoms with van der Waals surface area (Å²) in [7, 11) is -0.888. The van der Waals surface area contributed by atoms with E-state index in [1.807, 2.05) is 78.9 Å². The summed E-state index contributed by atoms with van der Waals surface area (Å²) in [5.74, 6) is 0.0667. The van der Waals surface area contributed by atoms with Crippen molar-refractivity contribution in [3.05, 3.63) is 119 Å². The second-order valence-electron chi connectivity index (χ2n) is 14.9. The van der Waals surface area contributed by atoms with E-state index in [0.717, 1.165) is 27.8 Å². The van der Waals surface area contributed by atoms with Crippen molar-refractivity contribution in [2.45, 2.75) is 56.8 Å². The van der Waals surface area contributed by atoms with Gasteiger partial charge < -0.3 is 29.1 Å². The first-order valence-corrected chi connectivity index (χ1v) is 21.8. The van der Waals surface area contributed by atoms with E-state index in [2.05, 4.69) is 32.2 Å². The summed E-state index contributed by atoms with van der Waals surface area (Å²) in [6, 6.07) is 30.9. The number of hydrogen-bond donors (Lipinski definition) is 1. The number of halogens is 1. The normalized spacial score (nSPS) is 22.1. The second kappa shape index (κ2) is 15.2. The van der Waals surface area contributed by atoms with Gasteiger partial charge in [-0.25, -0.2) is 4.79 Å². The SMILES string of the molecule is COc1ccc([Si](C)(C)[C@H]2[C@H](CC(=O)N(CCO)Cc3ccccc3)O[C@@]3(C(=O)N(Cc4ccc(N5CCOC5=O)cc4)c4ccc(Cl)cc43)[C@@H]2C)cc1. The zero-order valence-electron chi connectivity index (χ0n) is 31.0. The highest BCUT2D eigenvalue weighted by Crippen LogP contribution is 2.60. The predicted octanol–water partition coefficient (Wildman–Crippen LogP) is 6.48. The first-order valence-electron chi connectivity index (χ1n) is 18.4. The minimum atomic E-state index is -2.53. The molecule has 12 heteroatoms. The molecule has 7 rings (SSSR count). The highest BCUT2D eigenvalue weighted by atomic mass is 35.5. The van der Waals surface area contributed by atoms with Crippen molar-refractivity contribution in [2.24, 2.45) is 5.92 Å². The van der Waals surface area contributed by atoms with Crippen molar-refractivity contribution >= 4 is 54.1 Å². The third-order valence-corrected chi connectivity index (χ3v) is 16.1. The van der Waals surface area contributed by atoms with Gasteiger partial charge in [0.2, 0.25) is 5.91 Å². The van der Waals surface area contributed by atoms with Crippen LogP contribution in [0.25, 0.3) is 0 Å². The lowest BCUT2D eigenvalue weighted by molar-refractivity contribution is -0.150. The lowest BCUT2D eigenvalue weighted by atomic mass is 9.82. The second-order valence-corrected chi connectivity index (χ2v) is 20.0. The van der Waals surface area contributed by atoms with Gasteiger partial charge in [0.15, 0.2) is 5.60 Å². The molecule has 1 N–H and O–H groups in total. The van der Waals surface area contributed by atoms with Gasteiger partial charge in [-0.2, -0.15) is 0 Å². The number of aliphatic hydroxyl groups excluding tert-OH is 1. The summed E-state index contributed by atoms with van der Waals surface area (Å²) in [4.78, 5) is 46.7. The van der Waals surface area contributed by atoms with E-state index in [1.165, 1.54) is 0 Å². The summed E-state index contributed by atoms with van der Waals surface area (Å²) in [6.45, 7) is 8.08. The van der Waals surface area contributed by atoms with Crippen LogP contribution in [0, 0.1) is 5.92 Å². The molecule has 0 radical (unpaired) electrons. The summed E-state index contributed by atoms with van der Waals surface area (Å²) >= 11 is 6.69. The molecule has 3 aliphatic heterocycles. The summed E-state index contributed by atoms with van der Waals surface area (Å²) in [5, 5.41) is 11.6. The number of cyclic esters (lactones) is 1. The Kier molecular flexibility index (Phi) is 10.6.